The van der Waals surface area contributed by atoms with Crippen LogP contribution in [0.5, 0.6) is 5.75 Å². The Morgan fingerprint density at radius 3 is 2.67 bits per heavy atom. The average molecular weight is 290 g/mol. The number of aryl methyl sites for hydroxylation is 2. The van der Waals surface area contributed by atoms with E-state index < -0.39 is 0 Å². The van der Waals surface area contributed by atoms with Gasteiger partial charge in [-0.25, -0.2) is 0 Å². The number of pyridine rings is 1. The summed E-state index contributed by atoms with van der Waals surface area (Å²) in [5.74, 6) is 1.29. The molecule has 7 heteroatoms. The zero-order valence-corrected chi connectivity index (χ0v) is 13.2. The molecule has 21 heavy (non-hydrogen) atoms. The van der Waals surface area contributed by atoms with Gasteiger partial charge in [0, 0.05) is 17.8 Å². The minimum absolute atomic E-state index is 0.0230. The lowest BCUT2D eigenvalue weighted by atomic mass is 10.1. The Kier molecular flexibility index (Phi) is 4.52. The molecule has 1 N–H and O–H groups in total. The summed E-state index contributed by atoms with van der Waals surface area (Å²) in [5, 5.41) is 15.2. The highest BCUT2D eigenvalue weighted by molar-refractivity contribution is 5.29. The van der Waals surface area contributed by atoms with Crippen LogP contribution >= 0.6 is 0 Å². The molecule has 114 valence electrons. The van der Waals surface area contributed by atoms with Gasteiger partial charge in [0.25, 0.3) is 0 Å². The molecule has 0 radical (unpaired) electrons. The van der Waals surface area contributed by atoms with E-state index in [9.17, 15) is 0 Å². The molecule has 2 aromatic heterocycles. The minimum Gasteiger partial charge on any atom is -0.483 e. The first-order valence-electron chi connectivity index (χ1n) is 6.91. The quantitative estimate of drug-likeness (QED) is 0.896. The standard InChI is InChI=1S/C14H22N6O/c1-10-6-7-12(11(16-10)8-15-14(2,3)4)21-9-13-17-19-20(5)18-13/h6-7,15H,8-9H2,1-5H3. The molecule has 2 aromatic rings. The summed E-state index contributed by atoms with van der Waals surface area (Å²) in [7, 11) is 1.72. The molecular formula is C14H22N6O. The molecule has 0 aliphatic rings. The van der Waals surface area contributed by atoms with Crippen LogP contribution < -0.4 is 10.1 Å². The summed E-state index contributed by atoms with van der Waals surface area (Å²) in [6.07, 6.45) is 0. The Labute approximate surface area is 124 Å². The van der Waals surface area contributed by atoms with Crippen molar-refractivity contribution in [1.82, 2.24) is 30.5 Å². The van der Waals surface area contributed by atoms with Gasteiger partial charge in [0.1, 0.15) is 5.75 Å². The van der Waals surface area contributed by atoms with Crippen molar-refractivity contribution in [3.05, 3.63) is 29.3 Å². The van der Waals surface area contributed by atoms with Crippen LogP contribution in [-0.2, 0) is 20.2 Å². The first kappa shape index (κ1) is 15.4. The molecule has 0 aromatic carbocycles. The Balaban J connectivity index is 2.07. The number of hydrogen-bond donors (Lipinski definition) is 1. The second-order valence-electron chi connectivity index (χ2n) is 5.98. The van der Waals surface area contributed by atoms with Crippen LogP contribution in [-0.4, -0.2) is 30.7 Å². The lowest BCUT2D eigenvalue weighted by Crippen LogP contribution is -2.35. The van der Waals surface area contributed by atoms with Gasteiger partial charge >= 0.3 is 0 Å². The second kappa shape index (κ2) is 6.17. The molecule has 0 amide bonds. The van der Waals surface area contributed by atoms with Crippen LogP contribution in [0, 0.1) is 6.92 Å². The Morgan fingerprint density at radius 2 is 2.05 bits per heavy atom. The maximum absolute atomic E-state index is 5.78. The van der Waals surface area contributed by atoms with Gasteiger partial charge in [-0.1, -0.05) is 0 Å². The summed E-state index contributed by atoms with van der Waals surface area (Å²) in [5.41, 5.74) is 1.87. The number of tetrazole rings is 1. The van der Waals surface area contributed by atoms with Gasteiger partial charge in [-0.05, 0) is 45.0 Å². The lowest BCUT2D eigenvalue weighted by molar-refractivity contribution is 0.287. The van der Waals surface area contributed by atoms with Gasteiger partial charge in [-0.2, -0.15) is 4.80 Å². The number of nitrogens with zero attached hydrogens (tertiary/aromatic N) is 5. The molecule has 2 rings (SSSR count). The third-order valence-electron chi connectivity index (χ3n) is 2.76. The van der Waals surface area contributed by atoms with Crippen molar-refractivity contribution in [2.45, 2.75) is 46.4 Å². The van der Waals surface area contributed by atoms with E-state index in [2.05, 4.69) is 46.5 Å². The number of hydrogen-bond acceptors (Lipinski definition) is 6. The van der Waals surface area contributed by atoms with E-state index >= 15 is 0 Å². The van der Waals surface area contributed by atoms with Gasteiger partial charge in [-0.15, -0.1) is 10.2 Å². The van der Waals surface area contributed by atoms with Crippen LogP contribution in [0.25, 0.3) is 0 Å². The molecule has 0 aliphatic heterocycles. The SMILES string of the molecule is Cc1ccc(OCc2nnn(C)n2)c(CNC(C)(C)C)n1. The second-order valence-corrected chi connectivity index (χ2v) is 5.98. The van der Waals surface area contributed by atoms with E-state index in [1.54, 1.807) is 7.05 Å². The van der Waals surface area contributed by atoms with Crippen LogP contribution in [0.2, 0.25) is 0 Å². The molecule has 0 saturated carbocycles. The van der Waals surface area contributed by atoms with E-state index in [0.717, 1.165) is 17.1 Å². The summed E-state index contributed by atoms with van der Waals surface area (Å²) in [6.45, 7) is 9.25. The van der Waals surface area contributed by atoms with E-state index in [0.29, 0.717) is 12.4 Å². The molecule has 0 fully saturated rings. The van der Waals surface area contributed by atoms with Crippen LogP contribution in [0.3, 0.4) is 0 Å². The van der Waals surface area contributed by atoms with Crippen molar-refractivity contribution in [3.63, 3.8) is 0 Å². The van der Waals surface area contributed by atoms with E-state index in [-0.39, 0.29) is 12.1 Å². The third kappa shape index (κ3) is 4.78. The van der Waals surface area contributed by atoms with Crippen molar-refractivity contribution < 1.29 is 4.74 Å². The van der Waals surface area contributed by atoms with E-state index in [1.807, 2.05) is 19.1 Å². The maximum Gasteiger partial charge on any atom is 0.212 e. The molecule has 0 bridgehead atoms. The molecule has 0 spiro atoms. The van der Waals surface area contributed by atoms with Crippen molar-refractivity contribution in [3.8, 4) is 5.75 Å². The average Bonchev–Trinajstić information content (AvgIpc) is 2.80. The van der Waals surface area contributed by atoms with Gasteiger partial charge in [0.2, 0.25) is 5.82 Å². The smallest absolute Gasteiger partial charge is 0.212 e. The third-order valence-corrected chi connectivity index (χ3v) is 2.76. The summed E-state index contributed by atoms with van der Waals surface area (Å²) < 4.78 is 5.78. The van der Waals surface area contributed by atoms with Gasteiger partial charge < -0.3 is 10.1 Å². The fraction of sp³-hybridized carbons (Fsp3) is 0.571. The predicted molar refractivity (Wildman–Crippen MR) is 78.7 cm³/mol. The van der Waals surface area contributed by atoms with Crippen LogP contribution in [0.1, 0.15) is 38.0 Å². The fourth-order valence-corrected chi connectivity index (χ4v) is 1.73. The highest BCUT2D eigenvalue weighted by Crippen LogP contribution is 2.18. The van der Waals surface area contributed by atoms with Crippen LogP contribution in [0.15, 0.2) is 12.1 Å². The monoisotopic (exact) mass is 290 g/mol. The van der Waals surface area contributed by atoms with Gasteiger partial charge in [0.15, 0.2) is 6.61 Å². The van der Waals surface area contributed by atoms with Gasteiger partial charge in [0.05, 0.1) is 12.7 Å². The Morgan fingerprint density at radius 1 is 1.29 bits per heavy atom. The largest absolute Gasteiger partial charge is 0.483 e. The Bertz CT molecular complexity index is 602. The predicted octanol–water partition coefficient (Wildman–Crippen LogP) is 1.38. The summed E-state index contributed by atoms with van der Waals surface area (Å²) in [4.78, 5) is 5.96. The molecule has 0 atom stereocenters. The lowest BCUT2D eigenvalue weighted by Gasteiger charge is -2.21. The van der Waals surface area contributed by atoms with E-state index in [1.165, 1.54) is 4.80 Å². The number of aromatic nitrogens is 5. The van der Waals surface area contributed by atoms with Crippen molar-refractivity contribution in [2.75, 3.05) is 0 Å². The Hall–Kier alpha value is -2.02. The molecule has 0 saturated heterocycles. The molecule has 0 aliphatic carbocycles. The number of rotatable bonds is 5. The normalized spacial score (nSPS) is 11.7. The zero-order valence-electron chi connectivity index (χ0n) is 13.2. The highest BCUT2D eigenvalue weighted by atomic mass is 16.5. The van der Waals surface area contributed by atoms with Crippen LogP contribution in [0.4, 0.5) is 0 Å². The molecule has 2 heterocycles. The topological polar surface area (TPSA) is 77.8 Å². The summed E-state index contributed by atoms with van der Waals surface area (Å²) in [6, 6.07) is 3.86. The zero-order chi connectivity index (χ0) is 15.5. The first-order chi connectivity index (χ1) is 9.83. The van der Waals surface area contributed by atoms with Gasteiger partial charge in [-0.3, -0.25) is 4.98 Å². The molecule has 0 unspecified atom stereocenters. The van der Waals surface area contributed by atoms with Crippen molar-refractivity contribution in [2.24, 2.45) is 7.05 Å². The fourth-order valence-electron chi connectivity index (χ4n) is 1.73. The number of nitrogens with one attached hydrogen (secondary N) is 1. The maximum atomic E-state index is 5.78. The highest BCUT2D eigenvalue weighted by Gasteiger charge is 2.13. The molecule has 7 nitrogen and oxygen atoms in total. The minimum atomic E-state index is 0.0230. The molecular weight excluding hydrogens is 268 g/mol. The van der Waals surface area contributed by atoms with E-state index in [4.69, 9.17) is 4.74 Å². The first-order valence-corrected chi connectivity index (χ1v) is 6.91. The van der Waals surface area contributed by atoms with Crippen molar-refractivity contribution >= 4 is 0 Å². The van der Waals surface area contributed by atoms with Crippen molar-refractivity contribution in [1.29, 1.82) is 0 Å². The summed E-state index contributed by atoms with van der Waals surface area (Å²) >= 11 is 0. The number of ether oxygens (including phenoxy) is 1.